The van der Waals surface area contributed by atoms with Crippen molar-refractivity contribution in [1.29, 1.82) is 0 Å². The van der Waals surface area contributed by atoms with E-state index < -0.39 is 5.41 Å². The molecule has 162 valence electrons. The third-order valence-electron chi connectivity index (χ3n) is 8.17. The number of carbonyl (C=O) groups excluding carboxylic acids is 3. The van der Waals surface area contributed by atoms with E-state index >= 15 is 0 Å². The van der Waals surface area contributed by atoms with E-state index in [1.165, 1.54) is 14.0 Å². The Labute approximate surface area is 173 Å². The van der Waals surface area contributed by atoms with Crippen LogP contribution < -0.4 is 0 Å². The Kier molecular flexibility index (Phi) is 6.11. The molecule has 0 unspecified atom stereocenters. The maximum Gasteiger partial charge on any atom is 0.331 e. The van der Waals surface area contributed by atoms with Gasteiger partial charge < -0.3 is 14.2 Å². The van der Waals surface area contributed by atoms with Crippen molar-refractivity contribution in [2.24, 2.45) is 28.6 Å². The van der Waals surface area contributed by atoms with Crippen molar-refractivity contribution >= 4 is 17.9 Å². The van der Waals surface area contributed by atoms with Gasteiger partial charge in [-0.1, -0.05) is 27.2 Å². The second-order valence-electron chi connectivity index (χ2n) is 9.58. The van der Waals surface area contributed by atoms with E-state index in [2.05, 4.69) is 20.8 Å². The molecule has 0 aromatic rings. The van der Waals surface area contributed by atoms with Gasteiger partial charge in [-0.25, -0.2) is 4.79 Å². The highest BCUT2D eigenvalue weighted by molar-refractivity contribution is 5.85. The molecule has 0 saturated heterocycles. The molecular weight excluding hydrogens is 372 g/mol. The van der Waals surface area contributed by atoms with E-state index in [0.717, 1.165) is 44.1 Å². The topological polar surface area (TPSA) is 78.9 Å². The molecule has 6 heteroatoms. The highest BCUT2D eigenvalue weighted by atomic mass is 16.5. The Bertz CT molecular complexity index is 712. The number of hydrogen-bond donors (Lipinski definition) is 0. The molecule has 0 radical (unpaired) electrons. The summed E-state index contributed by atoms with van der Waals surface area (Å²) in [5.74, 6) is -0.502. The number of carbonyl (C=O) groups is 3. The van der Waals surface area contributed by atoms with Crippen LogP contribution in [-0.2, 0) is 28.6 Å². The van der Waals surface area contributed by atoms with Crippen LogP contribution >= 0.6 is 0 Å². The molecule has 6 nitrogen and oxygen atoms in total. The molecule has 0 amide bonds. The molecule has 1 aliphatic heterocycles. The van der Waals surface area contributed by atoms with Gasteiger partial charge in [-0.05, 0) is 54.9 Å². The Morgan fingerprint density at radius 2 is 2.00 bits per heavy atom. The van der Waals surface area contributed by atoms with Gasteiger partial charge in [0.25, 0.3) is 0 Å². The normalized spacial score (nSPS) is 39.2. The minimum Gasteiger partial charge on any atom is -0.469 e. The maximum absolute atomic E-state index is 12.7. The Hall–Kier alpha value is -1.85. The van der Waals surface area contributed by atoms with Gasteiger partial charge in [0.05, 0.1) is 13.0 Å². The van der Waals surface area contributed by atoms with Crippen molar-refractivity contribution < 1.29 is 28.6 Å². The lowest BCUT2D eigenvalue weighted by Gasteiger charge is -2.62. The van der Waals surface area contributed by atoms with Gasteiger partial charge in [0, 0.05) is 18.4 Å². The molecule has 2 saturated carbocycles. The van der Waals surface area contributed by atoms with Gasteiger partial charge in [-0.2, -0.15) is 0 Å². The van der Waals surface area contributed by atoms with E-state index in [9.17, 15) is 14.4 Å². The van der Waals surface area contributed by atoms with E-state index in [1.807, 2.05) is 0 Å². The van der Waals surface area contributed by atoms with Crippen LogP contribution in [0.1, 0.15) is 66.2 Å². The van der Waals surface area contributed by atoms with Crippen molar-refractivity contribution in [3.8, 4) is 0 Å². The number of fused-ring (bicyclic) bond motifs is 1. The first kappa shape index (κ1) is 21.8. The fourth-order valence-electron chi connectivity index (χ4n) is 6.37. The number of rotatable bonds is 5. The zero-order valence-corrected chi connectivity index (χ0v) is 18.3. The molecule has 0 bridgehead atoms. The predicted molar refractivity (Wildman–Crippen MR) is 107 cm³/mol. The standard InChI is InChI=1S/C23H34O6/c1-14-11-19(29-15(2)24)23(4)17(21(26)27-5)7-6-8-18(23)22(14,3)10-9-16-12-20(25)28-13-16/h12,14,17-19H,6-11,13H2,1-5H3/t14-,17+,18-,19+,22+,23+/m1/s1. The molecule has 0 aromatic heterocycles. The number of cyclic esters (lactones) is 1. The zero-order valence-electron chi connectivity index (χ0n) is 18.3. The van der Waals surface area contributed by atoms with E-state index in [1.54, 1.807) is 6.08 Å². The van der Waals surface area contributed by atoms with Crippen LogP contribution in [0.4, 0.5) is 0 Å². The first-order valence-corrected chi connectivity index (χ1v) is 10.7. The van der Waals surface area contributed by atoms with Crippen molar-refractivity contribution in [3.63, 3.8) is 0 Å². The smallest absolute Gasteiger partial charge is 0.331 e. The Morgan fingerprint density at radius 3 is 2.59 bits per heavy atom. The lowest BCUT2D eigenvalue weighted by atomic mass is 9.43. The molecule has 6 atom stereocenters. The minimum absolute atomic E-state index is 0.0371. The summed E-state index contributed by atoms with van der Waals surface area (Å²) >= 11 is 0. The number of hydrogen-bond acceptors (Lipinski definition) is 6. The van der Waals surface area contributed by atoms with Crippen LogP contribution in [0.2, 0.25) is 0 Å². The number of ether oxygens (including phenoxy) is 3. The summed E-state index contributed by atoms with van der Waals surface area (Å²) in [6.07, 6.45) is 6.47. The minimum atomic E-state index is -0.464. The average molecular weight is 407 g/mol. The number of methoxy groups -OCH3 is 1. The van der Waals surface area contributed by atoms with Gasteiger partial charge in [-0.3, -0.25) is 9.59 Å². The first-order chi connectivity index (χ1) is 13.6. The summed E-state index contributed by atoms with van der Waals surface area (Å²) in [5.41, 5.74) is 0.534. The largest absolute Gasteiger partial charge is 0.469 e. The third kappa shape index (κ3) is 3.82. The summed E-state index contributed by atoms with van der Waals surface area (Å²) in [4.78, 5) is 36.0. The molecule has 0 spiro atoms. The van der Waals surface area contributed by atoms with Crippen LogP contribution in [0.5, 0.6) is 0 Å². The predicted octanol–water partition coefficient (Wildman–Crippen LogP) is 3.82. The van der Waals surface area contributed by atoms with Gasteiger partial charge in [-0.15, -0.1) is 0 Å². The van der Waals surface area contributed by atoms with Gasteiger partial charge in [0.2, 0.25) is 0 Å². The van der Waals surface area contributed by atoms with Crippen LogP contribution in [0.15, 0.2) is 11.6 Å². The molecule has 1 heterocycles. The SMILES string of the molecule is COC(=O)[C@@H]1CCC[C@@H]2[C@@](C)(CCC3=CC(=O)OC3)[C@H](C)C[C@H](OC(C)=O)[C@]21C. The van der Waals surface area contributed by atoms with Crippen LogP contribution in [-0.4, -0.2) is 37.7 Å². The third-order valence-corrected chi connectivity index (χ3v) is 8.17. The second-order valence-corrected chi connectivity index (χ2v) is 9.58. The Balaban J connectivity index is 1.94. The van der Waals surface area contributed by atoms with Crippen molar-refractivity contribution in [2.75, 3.05) is 13.7 Å². The molecule has 3 rings (SSSR count). The summed E-state index contributed by atoms with van der Waals surface area (Å²) in [6.45, 7) is 8.48. The average Bonchev–Trinajstić information content (AvgIpc) is 3.09. The van der Waals surface area contributed by atoms with E-state index in [-0.39, 0.29) is 41.3 Å². The van der Waals surface area contributed by atoms with Crippen LogP contribution in [0, 0.1) is 28.6 Å². The fraction of sp³-hybridized carbons (Fsp3) is 0.783. The lowest BCUT2D eigenvalue weighted by Crippen LogP contribution is -2.61. The van der Waals surface area contributed by atoms with Crippen LogP contribution in [0.3, 0.4) is 0 Å². The van der Waals surface area contributed by atoms with Crippen molar-refractivity contribution in [1.82, 2.24) is 0 Å². The van der Waals surface area contributed by atoms with E-state index in [0.29, 0.717) is 12.5 Å². The van der Waals surface area contributed by atoms with Crippen LogP contribution in [0.25, 0.3) is 0 Å². The fourth-order valence-corrected chi connectivity index (χ4v) is 6.37. The molecule has 2 fully saturated rings. The van der Waals surface area contributed by atoms with Gasteiger partial charge in [0.15, 0.2) is 0 Å². The lowest BCUT2D eigenvalue weighted by molar-refractivity contribution is -0.210. The van der Waals surface area contributed by atoms with Gasteiger partial charge in [0.1, 0.15) is 12.7 Å². The van der Waals surface area contributed by atoms with Crippen molar-refractivity contribution in [3.05, 3.63) is 11.6 Å². The highest BCUT2D eigenvalue weighted by Crippen LogP contribution is 2.64. The Morgan fingerprint density at radius 1 is 1.28 bits per heavy atom. The molecule has 3 aliphatic rings. The maximum atomic E-state index is 12.7. The molecule has 0 aromatic carbocycles. The molecular formula is C23H34O6. The monoisotopic (exact) mass is 406 g/mol. The first-order valence-electron chi connectivity index (χ1n) is 10.7. The van der Waals surface area contributed by atoms with Gasteiger partial charge >= 0.3 is 17.9 Å². The van der Waals surface area contributed by atoms with E-state index in [4.69, 9.17) is 14.2 Å². The van der Waals surface area contributed by atoms with Crippen molar-refractivity contribution in [2.45, 2.75) is 72.3 Å². The molecule has 29 heavy (non-hydrogen) atoms. The zero-order chi connectivity index (χ0) is 21.4. The summed E-state index contributed by atoms with van der Waals surface area (Å²) in [6, 6.07) is 0. The quantitative estimate of drug-likeness (QED) is 0.510. The number of esters is 3. The molecule has 2 aliphatic carbocycles. The summed E-state index contributed by atoms with van der Waals surface area (Å²) in [7, 11) is 1.43. The highest BCUT2D eigenvalue weighted by Gasteiger charge is 2.63. The summed E-state index contributed by atoms with van der Waals surface area (Å²) in [5, 5.41) is 0. The molecule has 0 N–H and O–H groups in total. The summed E-state index contributed by atoms with van der Waals surface area (Å²) < 4.78 is 16.0. The second kappa shape index (κ2) is 8.11.